The quantitative estimate of drug-likeness (QED) is 0.419. The van der Waals surface area contributed by atoms with E-state index in [0.717, 1.165) is 10.2 Å². The molecule has 0 spiro atoms. The number of hydrogen-bond acceptors (Lipinski definition) is 3. The van der Waals surface area contributed by atoms with Crippen molar-refractivity contribution in [1.29, 1.82) is 0 Å². The molecule has 4 heteroatoms. The molecule has 2 N–H and O–H groups in total. The first-order valence-electron chi connectivity index (χ1n) is 2.68. The second kappa shape index (κ2) is 3.31. The summed E-state index contributed by atoms with van der Waals surface area (Å²) in [4.78, 5) is 3.99. The molecule has 0 aliphatic carbocycles. The Morgan fingerprint density at radius 1 is 1.60 bits per heavy atom. The van der Waals surface area contributed by atoms with Crippen molar-refractivity contribution in [1.82, 2.24) is 4.98 Å². The lowest BCUT2D eigenvalue weighted by atomic mass is 10.4. The van der Waals surface area contributed by atoms with Crippen LogP contribution in [0.25, 0.3) is 0 Å². The minimum absolute atomic E-state index is 0.755. The summed E-state index contributed by atoms with van der Waals surface area (Å²) in [6.07, 6.45) is 3.18. The van der Waals surface area contributed by atoms with Crippen molar-refractivity contribution in [3.05, 3.63) is 28.5 Å². The summed E-state index contributed by atoms with van der Waals surface area (Å²) in [5.74, 6) is 4.92. The predicted molar refractivity (Wildman–Crippen MR) is 43.7 cm³/mol. The highest BCUT2D eigenvalue weighted by Crippen LogP contribution is 2.05. The molecule has 0 amide bonds. The average Bonchev–Trinajstić information content (AvgIpc) is 1.95. The number of hydrogen-bond donors (Lipinski definition) is 1. The van der Waals surface area contributed by atoms with E-state index in [2.05, 4.69) is 26.0 Å². The highest BCUT2D eigenvalue weighted by Gasteiger charge is 1.87. The number of rotatable bonds is 1. The van der Waals surface area contributed by atoms with Crippen molar-refractivity contribution in [2.45, 2.75) is 0 Å². The number of nitrogens with zero attached hydrogens (tertiary/aromatic N) is 2. The summed E-state index contributed by atoms with van der Waals surface area (Å²) in [6.45, 7) is 0. The lowest BCUT2D eigenvalue weighted by Crippen LogP contribution is -1.88. The molecule has 0 fully saturated rings. The first-order valence-corrected chi connectivity index (χ1v) is 3.47. The fourth-order valence-electron chi connectivity index (χ4n) is 0.540. The molecule has 52 valence electrons. The molecule has 1 rings (SSSR count). The molecule has 1 aromatic rings. The highest BCUT2D eigenvalue weighted by atomic mass is 79.9. The van der Waals surface area contributed by atoms with Crippen molar-refractivity contribution in [2.24, 2.45) is 10.9 Å². The van der Waals surface area contributed by atoms with Crippen molar-refractivity contribution in [3.8, 4) is 0 Å². The van der Waals surface area contributed by atoms with Gasteiger partial charge >= 0.3 is 0 Å². The summed E-state index contributed by atoms with van der Waals surface area (Å²) in [5.41, 5.74) is 0.755. The highest BCUT2D eigenvalue weighted by molar-refractivity contribution is 9.10. The van der Waals surface area contributed by atoms with E-state index < -0.39 is 0 Å². The molecule has 10 heavy (non-hydrogen) atoms. The smallest absolute Gasteiger partial charge is 0.0830 e. The van der Waals surface area contributed by atoms with Crippen molar-refractivity contribution in [3.63, 3.8) is 0 Å². The van der Waals surface area contributed by atoms with Crippen LogP contribution in [0.15, 0.2) is 27.9 Å². The predicted octanol–water partition coefficient (Wildman–Crippen LogP) is 1.14. The van der Waals surface area contributed by atoms with Gasteiger partial charge in [0.25, 0.3) is 0 Å². The van der Waals surface area contributed by atoms with E-state index in [1.165, 1.54) is 6.21 Å². The second-order valence-electron chi connectivity index (χ2n) is 1.68. The molecule has 0 atom stereocenters. The Morgan fingerprint density at radius 2 is 2.40 bits per heavy atom. The van der Waals surface area contributed by atoms with Crippen LogP contribution in [0, 0.1) is 0 Å². The monoisotopic (exact) mass is 199 g/mol. The van der Waals surface area contributed by atoms with Gasteiger partial charge in [0.05, 0.1) is 11.9 Å². The standard InChI is InChI=1S/C6H6BrN3/c7-5-1-2-6(4-10-8)9-3-5/h1-4H,8H2/b10-4+. The van der Waals surface area contributed by atoms with Crippen molar-refractivity contribution >= 4 is 22.1 Å². The van der Waals surface area contributed by atoms with E-state index >= 15 is 0 Å². The summed E-state index contributed by atoms with van der Waals surface area (Å²) < 4.78 is 0.946. The van der Waals surface area contributed by atoms with E-state index in [-0.39, 0.29) is 0 Å². The molecule has 0 aromatic carbocycles. The third-order valence-corrected chi connectivity index (χ3v) is 1.43. The minimum atomic E-state index is 0.755. The number of pyridine rings is 1. The maximum Gasteiger partial charge on any atom is 0.0830 e. The molecular weight excluding hydrogens is 194 g/mol. The lowest BCUT2D eigenvalue weighted by Gasteiger charge is -1.89. The van der Waals surface area contributed by atoms with E-state index in [1.807, 2.05) is 12.1 Å². The molecule has 0 saturated heterocycles. The zero-order chi connectivity index (χ0) is 7.40. The zero-order valence-corrected chi connectivity index (χ0v) is 6.75. The third-order valence-electron chi connectivity index (χ3n) is 0.957. The second-order valence-corrected chi connectivity index (χ2v) is 2.60. The maximum absolute atomic E-state index is 4.92. The Labute approximate surface area is 67.1 Å². The van der Waals surface area contributed by atoms with Gasteiger partial charge in [-0.05, 0) is 28.1 Å². The molecular formula is C6H6BrN3. The van der Waals surface area contributed by atoms with Crippen LogP contribution in [0.3, 0.4) is 0 Å². The van der Waals surface area contributed by atoms with Crippen LogP contribution in [-0.2, 0) is 0 Å². The van der Waals surface area contributed by atoms with Crippen molar-refractivity contribution < 1.29 is 0 Å². The Bertz CT molecular complexity index is 229. The van der Waals surface area contributed by atoms with Crippen LogP contribution in [-0.4, -0.2) is 11.2 Å². The van der Waals surface area contributed by atoms with Gasteiger partial charge in [-0.2, -0.15) is 5.10 Å². The number of halogens is 1. The van der Waals surface area contributed by atoms with Gasteiger partial charge in [0.15, 0.2) is 0 Å². The van der Waals surface area contributed by atoms with Crippen LogP contribution in [0.1, 0.15) is 5.69 Å². The van der Waals surface area contributed by atoms with Crippen LogP contribution >= 0.6 is 15.9 Å². The van der Waals surface area contributed by atoms with E-state index in [4.69, 9.17) is 5.84 Å². The van der Waals surface area contributed by atoms with E-state index in [1.54, 1.807) is 6.20 Å². The summed E-state index contributed by atoms with van der Waals surface area (Å²) in [7, 11) is 0. The first-order chi connectivity index (χ1) is 4.83. The first kappa shape index (κ1) is 7.21. The largest absolute Gasteiger partial charge is 0.323 e. The Morgan fingerprint density at radius 3 is 2.90 bits per heavy atom. The average molecular weight is 200 g/mol. The molecule has 3 nitrogen and oxygen atoms in total. The van der Waals surface area contributed by atoms with Crippen molar-refractivity contribution in [2.75, 3.05) is 0 Å². The SMILES string of the molecule is N/N=C/c1ccc(Br)cn1. The fraction of sp³-hybridized carbons (Fsp3) is 0. The summed E-state index contributed by atoms with van der Waals surface area (Å²) in [6, 6.07) is 3.70. The topological polar surface area (TPSA) is 51.3 Å². The van der Waals surface area contributed by atoms with Gasteiger partial charge in [-0.1, -0.05) is 0 Å². The number of hydrazone groups is 1. The van der Waals surface area contributed by atoms with Crippen LogP contribution < -0.4 is 5.84 Å². The molecule has 0 bridgehead atoms. The molecule has 1 heterocycles. The van der Waals surface area contributed by atoms with Gasteiger partial charge in [0.1, 0.15) is 0 Å². The van der Waals surface area contributed by atoms with Crippen LogP contribution in [0.4, 0.5) is 0 Å². The third kappa shape index (κ3) is 1.80. The molecule has 0 aliphatic rings. The number of aromatic nitrogens is 1. The Balaban J connectivity index is 2.89. The lowest BCUT2D eigenvalue weighted by molar-refractivity contribution is 1.23. The summed E-state index contributed by atoms with van der Waals surface area (Å²) >= 11 is 3.26. The van der Waals surface area contributed by atoms with E-state index in [0.29, 0.717) is 0 Å². The summed E-state index contributed by atoms with van der Waals surface area (Å²) in [5, 5.41) is 3.33. The molecule has 0 unspecified atom stereocenters. The fourth-order valence-corrected chi connectivity index (χ4v) is 0.775. The normalized spacial score (nSPS) is 10.5. The molecule has 0 aliphatic heterocycles. The Kier molecular flexibility index (Phi) is 2.39. The van der Waals surface area contributed by atoms with Gasteiger partial charge in [-0.3, -0.25) is 4.98 Å². The van der Waals surface area contributed by atoms with Gasteiger partial charge in [0.2, 0.25) is 0 Å². The molecule has 1 aromatic heterocycles. The van der Waals surface area contributed by atoms with E-state index in [9.17, 15) is 0 Å². The van der Waals surface area contributed by atoms with Crippen LogP contribution in [0.5, 0.6) is 0 Å². The maximum atomic E-state index is 4.92. The van der Waals surface area contributed by atoms with Gasteiger partial charge in [0, 0.05) is 10.7 Å². The van der Waals surface area contributed by atoms with Gasteiger partial charge in [-0.15, -0.1) is 0 Å². The number of nitrogens with two attached hydrogens (primary N) is 1. The van der Waals surface area contributed by atoms with Crippen LogP contribution in [0.2, 0.25) is 0 Å². The minimum Gasteiger partial charge on any atom is -0.323 e. The molecule has 0 saturated carbocycles. The van der Waals surface area contributed by atoms with Gasteiger partial charge < -0.3 is 5.84 Å². The Hall–Kier alpha value is -0.900. The zero-order valence-electron chi connectivity index (χ0n) is 5.16. The van der Waals surface area contributed by atoms with Gasteiger partial charge in [-0.25, -0.2) is 0 Å². The molecule has 0 radical (unpaired) electrons.